The standard InChI is InChI=1S/C23H22F3N5O3S/c1-13(14-4-3-5-15(18(14)24)19(25)26)30-20-16-10-17(22(32)31(2)21(16)29-12-28-20)23(11-27)6-8-35(33,34)9-7-23/h3-5,10,12-13,19H,6-9H2,1-2H3,(H,28,29,30)/t13-/m1/s1. The van der Waals surface area contributed by atoms with E-state index in [1.807, 2.05) is 0 Å². The number of halogens is 3. The molecule has 4 rings (SSSR count). The van der Waals surface area contributed by atoms with Gasteiger partial charge in [0.2, 0.25) is 0 Å². The highest BCUT2D eigenvalue weighted by Gasteiger charge is 2.41. The van der Waals surface area contributed by atoms with E-state index in [0.717, 1.165) is 6.07 Å². The number of anilines is 1. The van der Waals surface area contributed by atoms with Crippen LogP contribution in [0.15, 0.2) is 35.4 Å². The zero-order chi connectivity index (χ0) is 25.5. The summed E-state index contributed by atoms with van der Waals surface area (Å²) in [4.78, 5) is 21.5. The van der Waals surface area contributed by atoms with Gasteiger partial charge in [-0.15, -0.1) is 0 Å². The third-order valence-corrected chi connectivity index (χ3v) is 8.18. The molecule has 0 spiro atoms. The summed E-state index contributed by atoms with van der Waals surface area (Å²) >= 11 is 0. The fourth-order valence-corrected chi connectivity index (χ4v) is 5.93. The third kappa shape index (κ3) is 4.36. The zero-order valence-corrected chi connectivity index (χ0v) is 19.7. The zero-order valence-electron chi connectivity index (χ0n) is 18.9. The second-order valence-electron chi connectivity index (χ2n) is 8.64. The molecule has 1 atom stereocenters. The first kappa shape index (κ1) is 24.7. The molecule has 3 heterocycles. The van der Waals surface area contributed by atoms with Crippen molar-refractivity contribution in [3.8, 4) is 6.07 Å². The first-order valence-electron chi connectivity index (χ1n) is 10.8. The number of rotatable bonds is 5. The average Bonchev–Trinajstić information content (AvgIpc) is 2.82. The number of aryl methyl sites for hydroxylation is 1. The lowest BCUT2D eigenvalue weighted by Gasteiger charge is -2.30. The van der Waals surface area contributed by atoms with E-state index in [1.165, 1.54) is 36.1 Å². The highest BCUT2D eigenvalue weighted by molar-refractivity contribution is 7.91. The van der Waals surface area contributed by atoms with Gasteiger partial charge in [-0.2, -0.15) is 5.26 Å². The molecule has 35 heavy (non-hydrogen) atoms. The Balaban J connectivity index is 1.82. The maximum Gasteiger partial charge on any atom is 0.266 e. The van der Waals surface area contributed by atoms with Crippen molar-refractivity contribution in [1.82, 2.24) is 14.5 Å². The van der Waals surface area contributed by atoms with Gasteiger partial charge in [0, 0.05) is 18.2 Å². The highest BCUT2D eigenvalue weighted by atomic mass is 32.2. The van der Waals surface area contributed by atoms with Crippen molar-refractivity contribution >= 4 is 26.7 Å². The molecule has 3 aromatic rings. The number of nitriles is 1. The number of pyridine rings is 1. The number of alkyl halides is 2. The van der Waals surface area contributed by atoms with Crippen molar-refractivity contribution in [1.29, 1.82) is 5.26 Å². The largest absolute Gasteiger partial charge is 0.363 e. The first-order valence-corrected chi connectivity index (χ1v) is 12.6. The second-order valence-corrected chi connectivity index (χ2v) is 10.9. The van der Waals surface area contributed by atoms with Gasteiger partial charge >= 0.3 is 0 Å². The van der Waals surface area contributed by atoms with Gasteiger partial charge in [-0.05, 0) is 25.8 Å². The number of nitrogens with one attached hydrogen (secondary N) is 1. The van der Waals surface area contributed by atoms with E-state index in [-0.39, 0.29) is 46.9 Å². The van der Waals surface area contributed by atoms with Crippen LogP contribution in [-0.2, 0) is 22.3 Å². The lowest BCUT2D eigenvalue weighted by atomic mass is 9.77. The summed E-state index contributed by atoms with van der Waals surface area (Å²) in [6.45, 7) is 1.58. The molecular weight excluding hydrogens is 483 g/mol. The summed E-state index contributed by atoms with van der Waals surface area (Å²) < 4.78 is 66.1. The summed E-state index contributed by atoms with van der Waals surface area (Å²) in [5.74, 6) is -1.25. The van der Waals surface area contributed by atoms with Crippen molar-refractivity contribution in [2.75, 3.05) is 16.8 Å². The van der Waals surface area contributed by atoms with Gasteiger partial charge in [0.1, 0.15) is 33.4 Å². The Hall–Kier alpha value is -3.46. The van der Waals surface area contributed by atoms with Crippen LogP contribution in [0.3, 0.4) is 0 Å². The molecule has 0 saturated carbocycles. The lowest BCUT2D eigenvalue weighted by molar-refractivity contribution is 0.146. The van der Waals surface area contributed by atoms with Crippen LogP contribution >= 0.6 is 0 Å². The van der Waals surface area contributed by atoms with E-state index in [0.29, 0.717) is 5.39 Å². The quantitative estimate of drug-likeness (QED) is 0.563. The van der Waals surface area contributed by atoms with Gasteiger partial charge < -0.3 is 5.32 Å². The van der Waals surface area contributed by atoms with Gasteiger partial charge in [0.05, 0.1) is 40.0 Å². The summed E-state index contributed by atoms with van der Waals surface area (Å²) in [5, 5.41) is 13.3. The Bertz CT molecular complexity index is 1500. The van der Waals surface area contributed by atoms with Crippen molar-refractivity contribution in [2.45, 2.75) is 37.6 Å². The minimum atomic E-state index is -3.29. The molecule has 1 aliphatic heterocycles. The first-order chi connectivity index (χ1) is 16.5. The Labute approximate surface area is 199 Å². The monoisotopic (exact) mass is 505 g/mol. The van der Waals surface area contributed by atoms with Crippen LogP contribution in [0.5, 0.6) is 0 Å². The predicted octanol–water partition coefficient (Wildman–Crippen LogP) is 3.55. The van der Waals surface area contributed by atoms with Crippen molar-refractivity contribution in [3.63, 3.8) is 0 Å². The molecule has 8 nitrogen and oxygen atoms in total. The van der Waals surface area contributed by atoms with Crippen LogP contribution in [0.25, 0.3) is 11.0 Å². The van der Waals surface area contributed by atoms with Crippen LogP contribution in [0.1, 0.15) is 48.9 Å². The predicted molar refractivity (Wildman–Crippen MR) is 123 cm³/mol. The Kier molecular flexibility index (Phi) is 6.31. The van der Waals surface area contributed by atoms with Gasteiger partial charge in [-0.25, -0.2) is 31.6 Å². The van der Waals surface area contributed by atoms with Crippen molar-refractivity contribution < 1.29 is 21.6 Å². The molecule has 0 aliphatic carbocycles. The topological polar surface area (TPSA) is 118 Å². The SMILES string of the molecule is C[C@@H](Nc1ncnc2c1cc(C1(C#N)CCS(=O)(=O)CC1)c(=O)n2C)c1cccc(C(F)F)c1F. The molecule has 184 valence electrons. The van der Waals surface area contributed by atoms with Crippen LogP contribution in [0, 0.1) is 17.1 Å². The van der Waals surface area contributed by atoms with E-state index in [2.05, 4.69) is 21.4 Å². The second kappa shape index (κ2) is 8.96. The number of fused-ring (bicyclic) bond motifs is 1. The number of sulfone groups is 1. The van der Waals surface area contributed by atoms with Gasteiger partial charge in [-0.1, -0.05) is 18.2 Å². The van der Waals surface area contributed by atoms with Gasteiger partial charge in [0.25, 0.3) is 12.0 Å². The molecule has 1 N–H and O–H groups in total. The summed E-state index contributed by atoms with van der Waals surface area (Å²) in [5.41, 5.74) is -2.12. The molecule has 0 unspecified atom stereocenters. The summed E-state index contributed by atoms with van der Waals surface area (Å²) in [7, 11) is -1.81. The fraction of sp³-hybridized carbons (Fsp3) is 0.391. The summed E-state index contributed by atoms with van der Waals surface area (Å²) in [6.07, 6.45) is -1.81. The molecule has 1 fully saturated rings. The average molecular weight is 506 g/mol. The van der Waals surface area contributed by atoms with Crippen molar-refractivity contribution in [2.24, 2.45) is 7.05 Å². The van der Waals surface area contributed by atoms with Crippen LogP contribution < -0.4 is 10.9 Å². The molecule has 12 heteroatoms. The number of nitrogens with zero attached hydrogens (tertiary/aromatic N) is 4. The molecule has 1 saturated heterocycles. The molecule has 1 aliphatic rings. The van der Waals surface area contributed by atoms with E-state index in [9.17, 15) is 31.6 Å². The van der Waals surface area contributed by atoms with E-state index >= 15 is 0 Å². The normalized spacial score (nSPS) is 17.7. The molecule has 2 aromatic heterocycles. The van der Waals surface area contributed by atoms with E-state index in [1.54, 1.807) is 6.92 Å². The van der Waals surface area contributed by atoms with Crippen LogP contribution in [-0.4, -0.2) is 34.5 Å². The van der Waals surface area contributed by atoms with E-state index in [4.69, 9.17) is 0 Å². The third-order valence-electron chi connectivity index (χ3n) is 6.53. The Morgan fingerprint density at radius 2 is 1.86 bits per heavy atom. The van der Waals surface area contributed by atoms with Crippen molar-refractivity contribution in [3.05, 3.63) is 63.5 Å². The molecule has 0 radical (unpaired) electrons. The number of hydrogen-bond acceptors (Lipinski definition) is 7. The minimum absolute atomic E-state index is 0.00517. The Morgan fingerprint density at radius 1 is 1.20 bits per heavy atom. The minimum Gasteiger partial charge on any atom is -0.363 e. The summed E-state index contributed by atoms with van der Waals surface area (Å²) in [6, 6.07) is 6.59. The van der Waals surface area contributed by atoms with Crippen LogP contribution in [0.2, 0.25) is 0 Å². The van der Waals surface area contributed by atoms with E-state index < -0.39 is 44.7 Å². The number of aromatic nitrogens is 3. The lowest BCUT2D eigenvalue weighted by Crippen LogP contribution is -2.41. The molecular formula is C23H22F3N5O3S. The maximum absolute atomic E-state index is 14.7. The fourth-order valence-electron chi connectivity index (χ4n) is 4.41. The molecule has 1 aromatic carbocycles. The number of benzene rings is 1. The number of hydrogen-bond donors (Lipinski definition) is 1. The maximum atomic E-state index is 14.7. The van der Waals surface area contributed by atoms with Gasteiger partial charge in [0.15, 0.2) is 0 Å². The molecule has 0 amide bonds. The smallest absolute Gasteiger partial charge is 0.266 e. The van der Waals surface area contributed by atoms with Gasteiger partial charge in [-0.3, -0.25) is 9.36 Å². The van der Waals surface area contributed by atoms with Crippen LogP contribution in [0.4, 0.5) is 19.0 Å². The highest BCUT2D eigenvalue weighted by Crippen LogP contribution is 2.36. The Morgan fingerprint density at radius 3 is 2.49 bits per heavy atom. The molecule has 0 bridgehead atoms.